The quantitative estimate of drug-likeness (QED) is 0.886. The molecule has 3 rings (SSSR count). The Hall–Kier alpha value is -1.71. The molecule has 2 heterocycles. The number of aromatic amines is 1. The van der Waals surface area contributed by atoms with Crippen molar-refractivity contribution in [1.82, 2.24) is 19.1 Å². The second-order valence-electron chi connectivity index (χ2n) is 4.93. The molecule has 0 fully saturated rings. The van der Waals surface area contributed by atoms with Gasteiger partial charge >= 0.3 is 5.69 Å². The average Bonchev–Trinajstić information content (AvgIpc) is 2.84. The lowest BCUT2D eigenvalue weighted by molar-refractivity contribution is 0.332. The monoisotopic (exact) mass is 346 g/mol. The number of H-pyrrole nitrogens is 1. The summed E-state index contributed by atoms with van der Waals surface area (Å²) in [6.07, 6.45) is 0. The van der Waals surface area contributed by atoms with Gasteiger partial charge in [0.2, 0.25) is 10.0 Å². The number of hydrogen-bond donors (Lipinski definition) is 1. The van der Waals surface area contributed by atoms with E-state index < -0.39 is 15.8 Å². The summed E-state index contributed by atoms with van der Waals surface area (Å²) in [5.74, 6) is -0.514. The number of hydrogen-bond acceptors (Lipinski definition) is 4. The number of halogens is 2. The number of benzene rings is 1. The first kappa shape index (κ1) is 15.2. The third-order valence-corrected chi connectivity index (χ3v) is 5.54. The molecule has 0 unspecified atom stereocenters. The topological polar surface area (TPSA) is 88.1 Å². The number of fused-ring (bicyclic) bond motifs is 1. The standard InChI is InChI=1S/C12H12ClFN4O3S/c13-9-5-8(1-2-10(9)14)7-22(20,21)17-3-4-18-11(6-17)15-16-12(18)19/h1-2,5H,3-4,6-7H2,(H,16,19). The number of sulfonamides is 1. The molecule has 0 saturated heterocycles. The van der Waals surface area contributed by atoms with E-state index in [9.17, 15) is 17.6 Å². The summed E-state index contributed by atoms with van der Waals surface area (Å²) in [4.78, 5) is 11.4. The van der Waals surface area contributed by atoms with Crippen LogP contribution in [-0.4, -0.2) is 34.0 Å². The smallest absolute Gasteiger partial charge is 0.277 e. The minimum absolute atomic E-state index is 0.0238. The maximum atomic E-state index is 13.1. The van der Waals surface area contributed by atoms with E-state index in [-0.39, 0.29) is 36.1 Å². The zero-order chi connectivity index (χ0) is 15.9. The summed E-state index contributed by atoms with van der Waals surface area (Å²) in [5, 5.41) is 5.97. The number of rotatable bonds is 3. The van der Waals surface area contributed by atoms with Gasteiger partial charge in [0.1, 0.15) is 11.6 Å². The summed E-state index contributed by atoms with van der Waals surface area (Å²) in [7, 11) is -3.62. The molecule has 1 aliphatic heterocycles. The molecule has 2 aromatic rings. The Morgan fingerprint density at radius 1 is 1.36 bits per heavy atom. The molecule has 0 amide bonds. The fourth-order valence-electron chi connectivity index (χ4n) is 2.32. The highest BCUT2D eigenvalue weighted by molar-refractivity contribution is 7.88. The van der Waals surface area contributed by atoms with Crippen molar-refractivity contribution in [2.24, 2.45) is 0 Å². The van der Waals surface area contributed by atoms with Crippen LogP contribution in [0.3, 0.4) is 0 Å². The molecule has 0 saturated carbocycles. The van der Waals surface area contributed by atoms with Crippen LogP contribution in [0.15, 0.2) is 23.0 Å². The second-order valence-corrected chi connectivity index (χ2v) is 7.31. The van der Waals surface area contributed by atoms with E-state index in [4.69, 9.17) is 11.6 Å². The molecular weight excluding hydrogens is 335 g/mol. The van der Waals surface area contributed by atoms with Crippen molar-refractivity contribution in [3.63, 3.8) is 0 Å². The summed E-state index contributed by atoms with van der Waals surface area (Å²) >= 11 is 5.66. The molecule has 0 bridgehead atoms. The van der Waals surface area contributed by atoms with Gasteiger partial charge in [-0.15, -0.1) is 0 Å². The summed E-state index contributed by atoms with van der Waals surface area (Å²) < 4.78 is 40.6. The van der Waals surface area contributed by atoms with Crippen LogP contribution in [0.1, 0.15) is 11.4 Å². The van der Waals surface area contributed by atoms with E-state index in [0.717, 1.165) is 6.07 Å². The van der Waals surface area contributed by atoms with Crippen molar-refractivity contribution in [2.75, 3.05) is 6.54 Å². The predicted octanol–water partition coefficient (Wildman–Crippen LogP) is 0.709. The van der Waals surface area contributed by atoms with Crippen molar-refractivity contribution in [2.45, 2.75) is 18.8 Å². The van der Waals surface area contributed by atoms with Crippen molar-refractivity contribution >= 4 is 21.6 Å². The first-order valence-electron chi connectivity index (χ1n) is 6.42. The van der Waals surface area contributed by atoms with E-state index in [1.54, 1.807) is 0 Å². The Bertz CT molecular complexity index is 877. The van der Waals surface area contributed by atoms with Gasteiger partial charge in [-0.1, -0.05) is 17.7 Å². The first-order valence-corrected chi connectivity index (χ1v) is 8.41. The first-order chi connectivity index (χ1) is 10.4. The number of nitrogens with one attached hydrogen (secondary N) is 1. The molecule has 7 nitrogen and oxygen atoms in total. The maximum absolute atomic E-state index is 13.1. The molecule has 0 aliphatic carbocycles. The van der Waals surface area contributed by atoms with Crippen LogP contribution < -0.4 is 5.69 Å². The van der Waals surface area contributed by atoms with Crippen LogP contribution in [0.2, 0.25) is 5.02 Å². The number of aromatic nitrogens is 3. The van der Waals surface area contributed by atoms with E-state index in [1.165, 1.54) is 21.0 Å². The Labute approximate surface area is 130 Å². The normalized spacial score (nSPS) is 15.7. The van der Waals surface area contributed by atoms with Crippen LogP contribution in [-0.2, 0) is 28.9 Å². The van der Waals surface area contributed by atoms with Crippen molar-refractivity contribution < 1.29 is 12.8 Å². The van der Waals surface area contributed by atoms with Gasteiger partial charge in [-0.25, -0.2) is 22.7 Å². The van der Waals surface area contributed by atoms with E-state index in [2.05, 4.69) is 10.2 Å². The molecule has 0 radical (unpaired) electrons. The molecule has 118 valence electrons. The number of nitrogens with zero attached hydrogens (tertiary/aromatic N) is 3. The third-order valence-electron chi connectivity index (χ3n) is 3.45. The van der Waals surface area contributed by atoms with Gasteiger partial charge in [0, 0.05) is 13.1 Å². The van der Waals surface area contributed by atoms with Crippen LogP contribution in [0.4, 0.5) is 4.39 Å². The molecule has 1 N–H and O–H groups in total. The maximum Gasteiger partial charge on any atom is 0.343 e. The van der Waals surface area contributed by atoms with E-state index in [1.807, 2.05) is 0 Å². The molecule has 1 aromatic carbocycles. The minimum Gasteiger partial charge on any atom is -0.277 e. The summed E-state index contributed by atoms with van der Waals surface area (Å²) in [6, 6.07) is 3.81. The van der Waals surface area contributed by atoms with Gasteiger partial charge in [0.25, 0.3) is 0 Å². The largest absolute Gasteiger partial charge is 0.343 e. The SMILES string of the molecule is O=c1[nH]nc2n1CCN(S(=O)(=O)Cc1ccc(F)c(Cl)c1)C2. The summed E-state index contributed by atoms with van der Waals surface area (Å²) in [5.41, 5.74) is 0.0498. The van der Waals surface area contributed by atoms with E-state index in [0.29, 0.717) is 11.4 Å². The lowest BCUT2D eigenvalue weighted by Crippen LogP contribution is -2.41. The van der Waals surface area contributed by atoms with Gasteiger partial charge in [-0.2, -0.15) is 9.40 Å². The highest BCUT2D eigenvalue weighted by Gasteiger charge is 2.29. The predicted molar refractivity (Wildman–Crippen MR) is 77.3 cm³/mol. The molecule has 1 aliphatic rings. The van der Waals surface area contributed by atoms with Crippen LogP contribution >= 0.6 is 11.6 Å². The molecule has 1 aromatic heterocycles. The van der Waals surface area contributed by atoms with Gasteiger partial charge in [0.15, 0.2) is 0 Å². The van der Waals surface area contributed by atoms with Crippen molar-refractivity contribution in [3.8, 4) is 0 Å². The minimum atomic E-state index is -3.62. The van der Waals surface area contributed by atoms with Gasteiger partial charge in [-0.3, -0.25) is 4.57 Å². The van der Waals surface area contributed by atoms with Gasteiger partial charge in [0.05, 0.1) is 17.3 Å². The molecule has 10 heteroatoms. The van der Waals surface area contributed by atoms with Crippen molar-refractivity contribution in [3.05, 3.63) is 50.9 Å². The van der Waals surface area contributed by atoms with Crippen LogP contribution in [0.25, 0.3) is 0 Å². The third kappa shape index (κ3) is 2.79. The van der Waals surface area contributed by atoms with E-state index >= 15 is 0 Å². The van der Waals surface area contributed by atoms with Gasteiger partial charge < -0.3 is 0 Å². The zero-order valence-electron chi connectivity index (χ0n) is 11.3. The highest BCUT2D eigenvalue weighted by Crippen LogP contribution is 2.20. The highest BCUT2D eigenvalue weighted by atomic mass is 35.5. The Balaban J connectivity index is 1.82. The van der Waals surface area contributed by atoms with Gasteiger partial charge in [-0.05, 0) is 17.7 Å². The molecule has 0 spiro atoms. The lowest BCUT2D eigenvalue weighted by atomic mass is 10.2. The van der Waals surface area contributed by atoms with Crippen LogP contribution in [0, 0.1) is 5.82 Å². The average molecular weight is 347 g/mol. The Kier molecular flexibility index (Phi) is 3.79. The molecule has 0 atom stereocenters. The second kappa shape index (κ2) is 5.49. The fourth-order valence-corrected chi connectivity index (χ4v) is 3.98. The fraction of sp³-hybridized carbons (Fsp3) is 0.333. The van der Waals surface area contributed by atoms with Crippen molar-refractivity contribution in [1.29, 1.82) is 0 Å². The summed E-state index contributed by atoms with van der Waals surface area (Å²) in [6.45, 7) is 0.452. The zero-order valence-corrected chi connectivity index (χ0v) is 12.9. The van der Waals surface area contributed by atoms with Crippen LogP contribution in [0.5, 0.6) is 0 Å². The lowest BCUT2D eigenvalue weighted by Gasteiger charge is -2.26. The molecular formula is C12H12ClFN4O3S. The molecule has 22 heavy (non-hydrogen) atoms. The Morgan fingerprint density at radius 2 is 2.14 bits per heavy atom. The Morgan fingerprint density at radius 3 is 2.86 bits per heavy atom.